The van der Waals surface area contributed by atoms with Gasteiger partial charge >= 0.3 is 5.97 Å². The maximum Gasteiger partial charge on any atom is 0.364 e. The Labute approximate surface area is 129 Å². The monoisotopic (exact) mass is 319 g/mol. The second-order valence-corrected chi connectivity index (χ2v) is 5.53. The molecule has 1 saturated heterocycles. The molecule has 6 N–H and O–H groups in total. The van der Waals surface area contributed by atoms with Crippen LogP contribution in [0.1, 0.15) is 20.3 Å². The molecule has 9 nitrogen and oxygen atoms in total. The lowest BCUT2D eigenvalue weighted by molar-refractivity contribution is -0.323. The molecule has 1 aliphatic heterocycles. The van der Waals surface area contributed by atoms with E-state index < -0.39 is 54.7 Å². The van der Waals surface area contributed by atoms with Gasteiger partial charge in [-0.1, -0.05) is 6.32 Å². The lowest BCUT2D eigenvalue weighted by Crippen LogP contribution is -2.67. The first kappa shape index (κ1) is 19.3. The van der Waals surface area contributed by atoms with E-state index in [-0.39, 0.29) is 6.32 Å². The number of hydroxylamine groups is 1. The van der Waals surface area contributed by atoms with E-state index in [4.69, 9.17) is 22.5 Å². The van der Waals surface area contributed by atoms with Crippen LogP contribution in [-0.4, -0.2) is 81.8 Å². The first-order valence-electron chi connectivity index (χ1n) is 6.91. The van der Waals surface area contributed by atoms with Crippen molar-refractivity contribution in [1.29, 1.82) is 0 Å². The van der Waals surface area contributed by atoms with Crippen LogP contribution in [0.15, 0.2) is 0 Å². The molecule has 0 spiro atoms. The van der Waals surface area contributed by atoms with E-state index in [2.05, 4.69) is 0 Å². The largest absolute Gasteiger partial charge is 0.477 e. The number of rotatable bonds is 7. The molecule has 0 bridgehead atoms. The summed E-state index contributed by atoms with van der Waals surface area (Å²) in [6.07, 6.45) is -7.27. The molecule has 22 heavy (non-hydrogen) atoms. The molecule has 1 rings (SSSR count). The predicted octanol–water partition coefficient (Wildman–Crippen LogP) is -2.00. The molecule has 10 heteroatoms. The van der Waals surface area contributed by atoms with Gasteiger partial charge in [-0.05, 0) is 13.8 Å². The number of carboxylic acid groups (broad SMARTS) is 1. The van der Waals surface area contributed by atoms with Crippen molar-refractivity contribution in [3.8, 4) is 0 Å². The highest BCUT2D eigenvalue weighted by Gasteiger charge is 2.55. The molecule has 6 atom stereocenters. The van der Waals surface area contributed by atoms with Crippen LogP contribution in [0.25, 0.3) is 0 Å². The highest BCUT2D eigenvalue weighted by molar-refractivity contribution is 6.08. The van der Waals surface area contributed by atoms with Gasteiger partial charge in [-0.15, -0.1) is 0 Å². The second-order valence-electron chi connectivity index (χ2n) is 5.53. The molecule has 0 aromatic rings. The summed E-state index contributed by atoms with van der Waals surface area (Å²) in [6, 6.07) is -1.22. The van der Waals surface area contributed by atoms with Crippen LogP contribution in [0.4, 0.5) is 0 Å². The Morgan fingerprint density at radius 1 is 1.50 bits per heavy atom. The second kappa shape index (κ2) is 7.69. The van der Waals surface area contributed by atoms with E-state index in [0.717, 1.165) is 0 Å². The number of aliphatic hydroxyl groups excluding tert-OH is 3. The minimum Gasteiger partial charge on any atom is -0.477 e. The highest BCUT2D eigenvalue weighted by atomic mass is 16.7. The number of nitrogens with one attached hydrogen (secondary N) is 1. The Balaban J connectivity index is 3.13. The molecule has 2 radical (unpaired) electrons. The Hall–Kier alpha value is -0.745. The summed E-state index contributed by atoms with van der Waals surface area (Å²) in [5.41, 5.74) is 1.76. The molecule has 1 fully saturated rings. The van der Waals surface area contributed by atoms with Crippen LogP contribution < -0.4 is 5.48 Å². The van der Waals surface area contributed by atoms with Crippen LogP contribution in [0, 0.1) is 0 Å². The van der Waals surface area contributed by atoms with Gasteiger partial charge < -0.3 is 35.1 Å². The number of aliphatic hydroxyl groups is 3. The number of ether oxygens (including phenoxy) is 2. The van der Waals surface area contributed by atoms with Gasteiger partial charge in [-0.25, -0.2) is 4.79 Å². The fraction of sp³-hybridized carbons (Fsp3) is 0.917. The van der Waals surface area contributed by atoms with Crippen LogP contribution >= 0.6 is 0 Å². The number of hydrogen-bond donors (Lipinski definition) is 6. The van der Waals surface area contributed by atoms with E-state index in [1.54, 1.807) is 19.3 Å². The molecule has 0 aromatic heterocycles. The summed E-state index contributed by atoms with van der Waals surface area (Å²) in [6.45, 7) is 3.16. The number of aliphatic carboxylic acids is 1. The minimum atomic E-state index is -2.21. The van der Waals surface area contributed by atoms with Crippen LogP contribution in [0.3, 0.4) is 0 Å². The molecular formula is C12H22BNO8. The highest BCUT2D eigenvalue weighted by Crippen LogP contribution is 2.34. The first-order chi connectivity index (χ1) is 10.2. The zero-order valence-electron chi connectivity index (χ0n) is 12.4. The molecule has 126 valence electrons. The van der Waals surface area contributed by atoms with Crippen molar-refractivity contribution < 1.29 is 39.9 Å². The Bertz CT molecular complexity index is 384. The normalized spacial score (nSPS) is 35.3. The summed E-state index contributed by atoms with van der Waals surface area (Å²) in [5.74, 6) is -3.70. The van der Waals surface area contributed by atoms with Gasteiger partial charge in [0.25, 0.3) is 5.79 Å². The SMILES string of the molecule is [B]CC(O)C(O)C1OC(OC(C)C)(C(=O)O)CC(O)C1NO. The van der Waals surface area contributed by atoms with Gasteiger partial charge in [0.15, 0.2) is 0 Å². The van der Waals surface area contributed by atoms with E-state index >= 15 is 0 Å². The zero-order valence-corrected chi connectivity index (χ0v) is 12.4. The van der Waals surface area contributed by atoms with Gasteiger partial charge in [0.05, 0.1) is 32.2 Å². The maximum atomic E-state index is 11.5. The van der Waals surface area contributed by atoms with E-state index in [1.807, 2.05) is 0 Å². The fourth-order valence-corrected chi connectivity index (χ4v) is 2.41. The lowest BCUT2D eigenvalue weighted by Gasteiger charge is -2.46. The van der Waals surface area contributed by atoms with Crippen molar-refractivity contribution in [2.24, 2.45) is 0 Å². The molecule has 1 heterocycles. The summed E-state index contributed by atoms with van der Waals surface area (Å²) in [7, 11) is 5.25. The van der Waals surface area contributed by atoms with Gasteiger partial charge in [-0.2, -0.15) is 5.48 Å². The Morgan fingerprint density at radius 3 is 2.50 bits per heavy atom. The van der Waals surface area contributed by atoms with Crippen molar-refractivity contribution in [3.63, 3.8) is 0 Å². The smallest absolute Gasteiger partial charge is 0.364 e. The number of carbonyl (C=O) groups is 1. The standard InChI is InChI=1S/C12H22BNO8/c1-5(2)21-12(11(18)19)3-6(15)8(14-20)10(22-12)9(17)7(16)4-13/h5-10,14-17,20H,3-4H2,1-2H3,(H,18,19). The van der Waals surface area contributed by atoms with Crippen molar-refractivity contribution >= 4 is 13.8 Å². The topological polar surface area (TPSA) is 149 Å². The van der Waals surface area contributed by atoms with Gasteiger partial charge in [0.2, 0.25) is 0 Å². The average molecular weight is 319 g/mol. The van der Waals surface area contributed by atoms with Crippen LogP contribution in [-0.2, 0) is 14.3 Å². The maximum absolute atomic E-state index is 11.5. The molecule has 6 unspecified atom stereocenters. The van der Waals surface area contributed by atoms with Gasteiger partial charge in [-0.3, -0.25) is 0 Å². The fourth-order valence-electron chi connectivity index (χ4n) is 2.41. The minimum absolute atomic E-state index is 0.319. The van der Waals surface area contributed by atoms with Crippen LogP contribution in [0.5, 0.6) is 0 Å². The summed E-state index contributed by atoms with van der Waals surface area (Å²) < 4.78 is 10.6. The lowest BCUT2D eigenvalue weighted by atomic mass is 9.86. The molecule has 0 aliphatic carbocycles. The zero-order chi connectivity index (χ0) is 17.1. The quantitative estimate of drug-likeness (QED) is 0.231. The van der Waals surface area contributed by atoms with E-state index in [9.17, 15) is 25.2 Å². The van der Waals surface area contributed by atoms with Crippen molar-refractivity contribution in [2.75, 3.05) is 0 Å². The Kier molecular flexibility index (Phi) is 6.74. The van der Waals surface area contributed by atoms with E-state index in [1.165, 1.54) is 0 Å². The number of hydrogen-bond acceptors (Lipinski definition) is 8. The van der Waals surface area contributed by atoms with Crippen LogP contribution in [0.2, 0.25) is 6.32 Å². The molecule has 1 aliphatic rings. The first-order valence-corrected chi connectivity index (χ1v) is 6.91. The predicted molar refractivity (Wildman–Crippen MR) is 73.4 cm³/mol. The van der Waals surface area contributed by atoms with E-state index in [0.29, 0.717) is 0 Å². The average Bonchev–Trinajstić information content (AvgIpc) is 2.44. The van der Waals surface area contributed by atoms with Crippen molar-refractivity contribution in [3.05, 3.63) is 0 Å². The van der Waals surface area contributed by atoms with Gasteiger partial charge in [0.1, 0.15) is 12.2 Å². The molecular weight excluding hydrogens is 297 g/mol. The molecule has 0 aromatic carbocycles. The third kappa shape index (κ3) is 3.96. The molecule has 0 amide bonds. The van der Waals surface area contributed by atoms with Crippen molar-refractivity contribution in [2.45, 2.75) is 68.9 Å². The third-order valence-corrected chi connectivity index (χ3v) is 3.45. The number of carboxylic acids is 1. The van der Waals surface area contributed by atoms with Crippen molar-refractivity contribution in [1.82, 2.24) is 5.48 Å². The third-order valence-electron chi connectivity index (χ3n) is 3.45. The summed E-state index contributed by atoms with van der Waals surface area (Å²) >= 11 is 0. The summed E-state index contributed by atoms with van der Waals surface area (Å²) in [4.78, 5) is 11.5. The molecule has 0 saturated carbocycles. The Morgan fingerprint density at radius 2 is 2.09 bits per heavy atom. The van der Waals surface area contributed by atoms with Gasteiger partial charge in [0, 0.05) is 6.42 Å². The summed E-state index contributed by atoms with van der Waals surface area (Å²) in [5, 5.41) is 48.3.